The van der Waals surface area contributed by atoms with Crippen LogP contribution in [0.4, 0.5) is 4.39 Å². The summed E-state index contributed by atoms with van der Waals surface area (Å²) < 4.78 is 14.9. The van der Waals surface area contributed by atoms with Gasteiger partial charge in [-0.1, -0.05) is 0 Å². The Morgan fingerprint density at radius 1 is 1.30 bits per heavy atom. The number of carboxylic acids is 1. The minimum atomic E-state index is -1.42. The van der Waals surface area contributed by atoms with Gasteiger partial charge in [0.1, 0.15) is 5.56 Å². The number of aromatic hydroxyl groups is 2. The Morgan fingerprint density at radius 3 is 2.50 bits per heavy atom. The molecule has 7 heteroatoms. The standard InChI is InChI=1S/C13H10FNO5/c14-8-3-6-9(12(18)11(8)17)15(5-1-2-5)4-7(10(6)16)13(19)20/h3-5,17-18H,1-2H2,(H,19,20). The van der Waals surface area contributed by atoms with Crippen molar-refractivity contribution < 1.29 is 24.5 Å². The second kappa shape index (κ2) is 3.96. The van der Waals surface area contributed by atoms with Gasteiger partial charge in [0.25, 0.3) is 0 Å². The van der Waals surface area contributed by atoms with Crippen molar-refractivity contribution in [2.24, 2.45) is 0 Å². The number of carbonyl (C=O) groups is 1. The largest absolute Gasteiger partial charge is 0.503 e. The van der Waals surface area contributed by atoms with Crippen LogP contribution in [0.15, 0.2) is 17.1 Å². The molecule has 2 aromatic rings. The number of rotatable bonds is 2. The second-order valence-electron chi connectivity index (χ2n) is 4.77. The van der Waals surface area contributed by atoms with Gasteiger partial charge in [-0.25, -0.2) is 9.18 Å². The zero-order valence-corrected chi connectivity index (χ0v) is 10.1. The Labute approximate surface area is 111 Å². The van der Waals surface area contributed by atoms with Crippen molar-refractivity contribution in [2.75, 3.05) is 0 Å². The van der Waals surface area contributed by atoms with E-state index in [1.165, 1.54) is 4.57 Å². The summed E-state index contributed by atoms with van der Waals surface area (Å²) in [6, 6.07) is 0.685. The van der Waals surface area contributed by atoms with Crippen molar-refractivity contribution in [1.82, 2.24) is 4.57 Å². The van der Waals surface area contributed by atoms with Gasteiger partial charge < -0.3 is 19.9 Å². The third-order valence-corrected chi connectivity index (χ3v) is 3.39. The molecule has 104 valence electrons. The number of aromatic nitrogens is 1. The average molecular weight is 279 g/mol. The lowest BCUT2D eigenvalue weighted by Gasteiger charge is -2.13. The smallest absolute Gasteiger partial charge is 0.341 e. The van der Waals surface area contributed by atoms with Crippen LogP contribution in [0.25, 0.3) is 10.9 Å². The van der Waals surface area contributed by atoms with Crippen molar-refractivity contribution in [3.05, 3.63) is 33.9 Å². The SMILES string of the molecule is O=C(O)c1cn(C2CC2)c2c(O)c(O)c(F)cc2c1=O. The molecule has 0 unspecified atom stereocenters. The van der Waals surface area contributed by atoms with Gasteiger partial charge in [-0.05, 0) is 18.9 Å². The first kappa shape index (κ1) is 12.5. The summed E-state index contributed by atoms with van der Waals surface area (Å²) in [7, 11) is 0. The highest BCUT2D eigenvalue weighted by Gasteiger charge is 2.29. The average Bonchev–Trinajstić information content (AvgIpc) is 3.21. The predicted octanol–water partition coefficient (Wildman–Crippen LogP) is 1.58. The zero-order valence-electron chi connectivity index (χ0n) is 10.1. The fourth-order valence-corrected chi connectivity index (χ4v) is 2.25. The minimum absolute atomic E-state index is 0.0404. The van der Waals surface area contributed by atoms with E-state index >= 15 is 0 Å². The normalized spacial score (nSPS) is 14.7. The Balaban J connectivity index is 2.52. The van der Waals surface area contributed by atoms with Gasteiger partial charge >= 0.3 is 5.97 Å². The summed E-state index contributed by atoms with van der Waals surface area (Å²) in [5.74, 6) is -4.29. The fraction of sp³-hybridized carbons (Fsp3) is 0.231. The van der Waals surface area contributed by atoms with E-state index in [2.05, 4.69) is 0 Å². The monoisotopic (exact) mass is 279 g/mol. The zero-order chi connectivity index (χ0) is 14.6. The molecule has 0 radical (unpaired) electrons. The summed E-state index contributed by atoms with van der Waals surface area (Å²) in [6.07, 6.45) is 2.64. The lowest BCUT2D eigenvalue weighted by atomic mass is 10.1. The maximum absolute atomic E-state index is 13.5. The first-order valence-electron chi connectivity index (χ1n) is 5.94. The summed E-state index contributed by atoms with van der Waals surface area (Å²) in [4.78, 5) is 23.1. The van der Waals surface area contributed by atoms with Gasteiger partial charge in [0.05, 0.1) is 10.9 Å². The van der Waals surface area contributed by atoms with Crippen LogP contribution in [0.1, 0.15) is 29.2 Å². The lowest BCUT2D eigenvalue weighted by molar-refractivity contribution is 0.0695. The molecule has 1 aromatic carbocycles. The third kappa shape index (κ3) is 1.63. The van der Waals surface area contributed by atoms with Gasteiger partial charge in [-0.15, -0.1) is 0 Å². The number of phenols is 2. The molecular weight excluding hydrogens is 269 g/mol. The third-order valence-electron chi connectivity index (χ3n) is 3.39. The molecule has 1 aromatic heterocycles. The van der Waals surface area contributed by atoms with Crippen molar-refractivity contribution >= 4 is 16.9 Å². The summed E-state index contributed by atoms with van der Waals surface area (Å²) in [5, 5.41) is 28.1. The number of halogens is 1. The number of pyridine rings is 1. The maximum Gasteiger partial charge on any atom is 0.341 e. The molecule has 1 aliphatic carbocycles. The van der Waals surface area contributed by atoms with Crippen LogP contribution in [-0.2, 0) is 0 Å². The molecule has 6 nitrogen and oxygen atoms in total. The first-order valence-corrected chi connectivity index (χ1v) is 5.94. The molecule has 1 aliphatic rings. The Morgan fingerprint density at radius 2 is 1.95 bits per heavy atom. The van der Waals surface area contributed by atoms with E-state index < -0.39 is 34.3 Å². The van der Waals surface area contributed by atoms with Gasteiger partial charge in [0.15, 0.2) is 17.3 Å². The maximum atomic E-state index is 13.5. The van der Waals surface area contributed by atoms with E-state index in [4.69, 9.17) is 5.11 Å². The van der Waals surface area contributed by atoms with Gasteiger partial charge in [-0.2, -0.15) is 0 Å². The highest BCUT2D eigenvalue weighted by Crippen LogP contribution is 2.42. The number of phenolic OH excluding ortho intramolecular Hbond substituents is 2. The number of hydrogen-bond acceptors (Lipinski definition) is 4. The molecule has 3 rings (SSSR count). The van der Waals surface area contributed by atoms with Gasteiger partial charge in [0.2, 0.25) is 5.43 Å². The van der Waals surface area contributed by atoms with E-state index in [9.17, 15) is 24.2 Å². The molecular formula is C13H10FNO5. The highest BCUT2D eigenvalue weighted by molar-refractivity contribution is 5.95. The Kier molecular flexibility index (Phi) is 2.47. The van der Waals surface area contributed by atoms with E-state index in [0.717, 1.165) is 25.1 Å². The predicted molar refractivity (Wildman–Crippen MR) is 66.7 cm³/mol. The van der Waals surface area contributed by atoms with Crippen molar-refractivity contribution in [3.63, 3.8) is 0 Å². The molecule has 1 saturated carbocycles. The molecule has 0 aliphatic heterocycles. The van der Waals surface area contributed by atoms with Gasteiger partial charge in [-0.3, -0.25) is 4.79 Å². The second-order valence-corrected chi connectivity index (χ2v) is 4.77. The Hall–Kier alpha value is -2.57. The molecule has 0 saturated heterocycles. The van der Waals surface area contributed by atoms with E-state index in [0.29, 0.717) is 0 Å². The topological polar surface area (TPSA) is 99.8 Å². The Bertz CT molecular complexity index is 807. The number of fused-ring (bicyclic) bond motifs is 1. The van der Waals surface area contributed by atoms with Crippen molar-refractivity contribution in [1.29, 1.82) is 0 Å². The molecule has 0 spiro atoms. The number of nitrogens with zero attached hydrogens (tertiary/aromatic N) is 1. The molecule has 1 heterocycles. The summed E-state index contributed by atoms with van der Waals surface area (Å²) in [6.45, 7) is 0. The first-order chi connectivity index (χ1) is 9.41. The highest BCUT2D eigenvalue weighted by atomic mass is 19.1. The molecule has 0 atom stereocenters. The van der Waals surface area contributed by atoms with Crippen LogP contribution in [-0.4, -0.2) is 25.9 Å². The van der Waals surface area contributed by atoms with Crippen LogP contribution in [0, 0.1) is 5.82 Å². The lowest BCUT2D eigenvalue weighted by Crippen LogP contribution is -2.19. The van der Waals surface area contributed by atoms with Crippen molar-refractivity contribution in [3.8, 4) is 11.5 Å². The number of carboxylic acid groups (broad SMARTS) is 1. The molecule has 20 heavy (non-hydrogen) atoms. The van der Waals surface area contributed by atoms with Crippen LogP contribution in [0.3, 0.4) is 0 Å². The molecule has 3 N–H and O–H groups in total. The number of hydrogen-bond donors (Lipinski definition) is 3. The van der Waals surface area contributed by atoms with Crippen LogP contribution >= 0.6 is 0 Å². The van der Waals surface area contributed by atoms with Crippen LogP contribution < -0.4 is 5.43 Å². The van der Waals surface area contributed by atoms with E-state index in [1.807, 2.05) is 0 Å². The quantitative estimate of drug-likeness (QED) is 0.725. The van der Waals surface area contributed by atoms with E-state index in [1.54, 1.807) is 0 Å². The van der Waals surface area contributed by atoms with Crippen LogP contribution in [0.2, 0.25) is 0 Å². The van der Waals surface area contributed by atoms with Crippen LogP contribution in [0.5, 0.6) is 11.5 Å². The minimum Gasteiger partial charge on any atom is -0.503 e. The fourth-order valence-electron chi connectivity index (χ4n) is 2.25. The molecule has 1 fully saturated rings. The summed E-state index contributed by atoms with van der Waals surface area (Å²) in [5.41, 5.74) is -1.42. The van der Waals surface area contributed by atoms with Crippen molar-refractivity contribution in [2.45, 2.75) is 18.9 Å². The number of benzene rings is 1. The molecule has 0 bridgehead atoms. The molecule has 0 amide bonds. The van der Waals surface area contributed by atoms with Gasteiger partial charge in [0, 0.05) is 12.2 Å². The van der Waals surface area contributed by atoms with E-state index in [-0.39, 0.29) is 16.9 Å². The summed E-state index contributed by atoms with van der Waals surface area (Å²) >= 11 is 0. The number of aromatic carboxylic acids is 1.